The van der Waals surface area contributed by atoms with Gasteiger partial charge in [-0.05, 0) is 54.1 Å². The molecule has 1 amide bonds. The molecule has 3 aromatic carbocycles. The van der Waals surface area contributed by atoms with Crippen LogP contribution >= 0.6 is 0 Å². The van der Waals surface area contributed by atoms with Crippen molar-refractivity contribution in [3.05, 3.63) is 84.4 Å². The maximum Gasteiger partial charge on any atom is 0.261 e. The van der Waals surface area contributed by atoms with Crippen LogP contribution in [0.15, 0.2) is 83.8 Å². The highest BCUT2D eigenvalue weighted by Gasteiger charge is 2.14. The molecule has 0 saturated carbocycles. The van der Waals surface area contributed by atoms with Crippen molar-refractivity contribution in [2.45, 2.75) is 11.4 Å². The zero-order valence-electron chi connectivity index (χ0n) is 16.4. The molecule has 0 aromatic heterocycles. The second-order valence-electron chi connectivity index (χ2n) is 6.36. The van der Waals surface area contributed by atoms with Crippen molar-refractivity contribution < 1.29 is 22.7 Å². The van der Waals surface area contributed by atoms with Crippen molar-refractivity contribution in [3.63, 3.8) is 0 Å². The lowest BCUT2D eigenvalue weighted by molar-refractivity contribution is -0.123. The van der Waals surface area contributed by atoms with Gasteiger partial charge in [0.05, 0.1) is 12.0 Å². The quantitative estimate of drug-likeness (QED) is 0.548. The van der Waals surface area contributed by atoms with Gasteiger partial charge in [0.2, 0.25) is 0 Å². The number of carbonyl (C=O) groups excluding carboxylic acids is 1. The van der Waals surface area contributed by atoms with E-state index < -0.39 is 10.0 Å². The minimum atomic E-state index is -3.75. The summed E-state index contributed by atoms with van der Waals surface area (Å²) in [5.74, 6) is 0.761. The lowest BCUT2D eigenvalue weighted by Crippen LogP contribution is -2.28. The highest BCUT2D eigenvalue weighted by atomic mass is 32.2. The summed E-state index contributed by atoms with van der Waals surface area (Å²) in [5.41, 5.74) is 1.41. The molecule has 3 rings (SSSR count). The summed E-state index contributed by atoms with van der Waals surface area (Å²) < 4.78 is 38.0. The molecule has 0 unspecified atom stereocenters. The summed E-state index contributed by atoms with van der Waals surface area (Å²) in [6.07, 6.45) is 0. The fourth-order valence-corrected chi connectivity index (χ4v) is 3.64. The number of sulfonamides is 1. The highest BCUT2D eigenvalue weighted by Crippen LogP contribution is 2.21. The number of hydrogen-bond acceptors (Lipinski definition) is 5. The molecule has 2 N–H and O–H groups in total. The first-order chi connectivity index (χ1) is 14.5. The average Bonchev–Trinajstić information content (AvgIpc) is 2.77. The van der Waals surface area contributed by atoms with Crippen LogP contribution in [0.2, 0.25) is 0 Å². The first kappa shape index (κ1) is 21.2. The van der Waals surface area contributed by atoms with Crippen molar-refractivity contribution in [3.8, 4) is 11.5 Å². The first-order valence-corrected chi connectivity index (χ1v) is 10.6. The number of hydrogen-bond donors (Lipinski definition) is 2. The normalized spacial score (nSPS) is 10.8. The zero-order valence-corrected chi connectivity index (χ0v) is 17.2. The van der Waals surface area contributed by atoms with E-state index in [0.29, 0.717) is 23.7 Å². The van der Waals surface area contributed by atoms with Gasteiger partial charge in [0.15, 0.2) is 6.61 Å². The number of nitrogens with one attached hydrogen (secondary N) is 2. The summed E-state index contributed by atoms with van der Waals surface area (Å²) in [5, 5.41) is 2.76. The highest BCUT2D eigenvalue weighted by molar-refractivity contribution is 7.92. The number of ether oxygens (including phenoxy) is 2. The van der Waals surface area contributed by atoms with E-state index in [4.69, 9.17) is 9.47 Å². The Bertz CT molecular complexity index is 1070. The zero-order chi connectivity index (χ0) is 21.4. The van der Waals surface area contributed by atoms with Crippen LogP contribution < -0.4 is 19.5 Å². The van der Waals surface area contributed by atoms with Gasteiger partial charge >= 0.3 is 0 Å². The maximum absolute atomic E-state index is 12.5. The van der Waals surface area contributed by atoms with Crippen molar-refractivity contribution in [1.29, 1.82) is 0 Å². The molecule has 0 heterocycles. The minimum absolute atomic E-state index is 0.0826. The lowest BCUT2D eigenvalue weighted by Gasteiger charge is -2.10. The van der Waals surface area contributed by atoms with E-state index in [-0.39, 0.29) is 17.4 Å². The molecule has 0 spiro atoms. The van der Waals surface area contributed by atoms with Gasteiger partial charge in [-0.15, -0.1) is 0 Å². The summed E-state index contributed by atoms with van der Waals surface area (Å²) in [4.78, 5) is 12.0. The third-order valence-electron chi connectivity index (χ3n) is 4.18. The Kier molecular flexibility index (Phi) is 6.92. The van der Waals surface area contributed by atoms with E-state index in [1.165, 1.54) is 31.4 Å². The van der Waals surface area contributed by atoms with Gasteiger partial charge in [-0.25, -0.2) is 8.42 Å². The van der Waals surface area contributed by atoms with Gasteiger partial charge in [-0.1, -0.05) is 30.3 Å². The van der Waals surface area contributed by atoms with E-state index in [9.17, 15) is 13.2 Å². The average molecular weight is 426 g/mol. The number of anilines is 1. The maximum atomic E-state index is 12.5. The van der Waals surface area contributed by atoms with Crippen LogP contribution in [0.3, 0.4) is 0 Å². The number of methoxy groups -OCH3 is 1. The van der Waals surface area contributed by atoms with E-state index >= 15 is 0 Å². The molecule has 0 saturated heterocycles. The van der Waals surface area contributed by atoms with E-state index in [1.54, 1.807) is 24.3 Å². The van der Waals surface area contributed by atoms with Crippen LogP contribution in [0.1, 0.15) is 5.56 Å². The molecular weight excluding hydrogens is 404 g/mol. The second kappa shape index (κ2) is 9.80. The molecule has 3 aromatic rings. The molecule has 0 aliphatic heterocycles. The Balaban J connectivity index is 1.52. The summed E-state index contributed by atoms with van der Waals surface area (Å²) in [6.45, 7) is 0.250. The standard InChI is InChI=1S/C22H22N2O5S/c1-28-19-9-7-18(8-10-19)24-30(26,27)21-13-11-20(12-14-21)29-16-22(25)23-15-17-5-3-2-4-6-17/h2-14,24H,15-16H2,1H3,(H,23,25). The molecule has 7 nitrogen and oxygen atoms in total. The van der Waals surface area contributed by atoms with Crippen LogP contribution in [-0.2, 0) is 21.4 Å². The summed E-state index contributed by atoms with van der Waals surface area (Å²) in [6, 6.07) is 21.9. The molecule has 0 aliphatic carbocycles. The predicted molar refractivity (Wildman–Crippen MR) is 114 cm³/mol. The summed E-state index contributed by atoms with van der Waals surface area (Å²) >= 11 is 0. The molecule has 0 radical (unpaired) electrons. The van der Waals surface area contributed by atoms with Crippen LogP contribution in [0.5, 0.6) is 11.5 Å². The Hall–Kier alpha value is -3.52. The van der Waals surface area contributed by atoms with E-state index in [2.05, 4.69) is 10.0 Å². The van der Waals surface area contributed by atoms with Gasteiger partial charge in [-0.3, -0.25) is 9.52 Å². The first-order valence-electron chi connectivity index (χ1n) is 9.16. The monoisotopic (exact) mass is 426 g/mol. The van der Waals surface area contributed by atoms with E-state index in [1.807, 2.05) is 30.3 Å². The van der Waals surface area contributed by atoms with Crippen molar-refractivity contribution in [1.82, 2.24) is 5.32 Å². The minimum Gasteiger partial charge on any atom is -0.497 e. The van der Waals surface area contributed by atoms with E-state index in [0.717, 1.165) is 5.56 Å². The number of benzene rings is 3. The van der Waals surface area contributed by atoms with Crippen LogP contribution in [0.4, 0.5) is 5.69 Å². The molecule has 30 heavy (non-hydrogen) atoms. The molecule has 156 valence electrons. The van der Waals surface area contributed by atoms with Gasteiger partial charge in [0.1, 0.15) is 11.5 Å². The third-order valence-corrected chi connectivity index (χ3v) is 5.58. The van der Waals surface area contributed by atoms with Crippen LogP contribution in [0.25, 0.3) is 0 Å². The lowest BCUT2D eigenvalue weighted by atomic mass is 10.2. The Morgan fingerprint density at radius 3 is 2.13 bits per heavy atom. The molecule has 0 atom stereocenters. The molecule has 0 aliphatic rings. The Morgan fingerprint density at radius 2 is 1.50 bits per heavy atom. The molecule has 8 heteroatoms. The van der Waals surface area contributed by atoms with Gasteiger partial charge in [0.25, 0.3) is 15.9 Å². The van der Waals surface area contributed by atoms with Gasteiger partial charge in [-0.2, -0.15) is 0 Å². The Labute approximate surface area is 175 Å². The van der Waals surface area contributed by atoms with Crippen molar-refractivity contribution in [2.24, 2.45) is 0 Å². The molecular formula is C22H22N2O5S. The predicted octanol–water partition coefficient (Wildman–Crippen LogP) is 3.19. The SMILES string of the molecule is COc1ccc(NS(=O)(=O)c2ccc(OCC(=O)NCc3ccccc3)cc2)cc1. The van der Waals surface area contributed by atoms with Gasteiger partial charge in [0, 0.05) is 12.2 Å². The summed E-state index contributed by atoms with van der Waals surface area (Å²) in [7, 11) is -2.21. The number of rotatable bonds is 9. The van der Waals surface area contributed by atoms with Crippen molar-refractivity contribution in [2.75, 3.05) is 18.4 Å². The number of amides is 1. The topological polar surface area (TPSA) is 93.7 Å². The fourth-order valence-electron chi connectivity index (χ4n) is 2.58. The van der Waals surface area contributed by atoms with Crippen molar-refractivity contribution >= 4 is 21.6 Å². The number of carbonyl (C=O) groups is 1. The third kappa shape index (κ3) is 5.99. The largest absolute Gasteiger partial charge is 0.497 e. The molecule has 0 fully saturated rings. The second-order valence-corrected chi connectivity index (χ2v) is 8.04. The van der Waals surface area contributed by atoms with Crippen LogP contribution in [-0.4, -0.2) is 28.0 Å². The molecule has 0 bridgehead atoms. The van der Waals surface area contributed by atoms with Gasteiger partial charge < -0.3 is 14.8 Å². The Morgan fingerprint density at radius 1 is 0.867 bits per heavy atom. The fraction of sp³-hybridized carbons (Fsp3) is 0.136. The smallest absolute Gasteiger partial charge is 0.261 e. The van der Waals surface area contributed by atoms with Crippen LogP contribution in [0, 0.1) is 0 Å².